The van der Waals surface area contributed by atoms with Gasteiger partial charge in [0, 0.05) is 30.7 Å². The molecular formula is C9H18N2. The van der Waals surface area contributed by atoms with Crippen molar-refractivity contribution in [2.75, 3.05) is 6.54 Å². The zero-order valence-corrected chi connectivity index (χ0v) is 7.67. The summed E-state index contributed by atoms with van der Waals surface area (Å²) in [6.45, 7) is 8.17. The number of hydrogen-bond donors (Lipinski definition) is 1. The Bertz CT molecular complexity index is 154. The summed E-state index contributed by atoms with van der Waals surface area (Å²) in [5.41, 5.74) is 0. The predicted molar refractivity (Wildman–Crippen MR) is 46.6 cm³/mol. The zero-order chi connectivity index (χ0) is 8.01. The number of nitrogens with one attached hydrogen (secondary N) is 1. The Morgan fingerprint density at radius 2 is 2.18 bits per heavy atom. The van der Waals surface area contributed by atoms with Crippen molar-refractivity contribution in [2.45, 2.75) is 51.4 Å². The fraction of sp³-hybridized carbons (Fsp3) is 1.00. The molecular weight excluding hydrogens is 136 g/mol. The number of likely N-dealkylation sites (tertiary alicyclic amines) is 1. The summed E-state index contributed by atoms with van der Waals surface area (Å²) in [5, 5.41) is 3.55. The summed E-state index contributed by atoms with van der Waals surface area (Å²) in [4.78, 5) is 2.65. The first-order chi connectivity index (χ1) is 5.20. The smallest absolute Gasteiger partial charge is 0.0242 e. The van der Waals surface area contributed by atoms with Gasteiger partial charge in [-0.25, -0.2) is 0 Å². The summed E-state index contributed by atoms with van der Waals surface area (Å²) in [6.07, 6.45) is 1.37. The monoisotopic (exact) mass is 154 g/mol. The summed E-state index contributed by atoms with van der Waals surface area (Å²) >= 11 is 0. The second kappa shape index (κ2) is 2.46. The lowest BCUT2D eigenvalue weighted by atomic mass is 10.1. The fourth-order valence-corrected chi connectivity index (χ4v) is 2.77. The van der Waals surface area contributed by atoms with Gasteiger partial charge in [-0.15, -0.1) is 0 Å². The highest BCUT2D eigenvalue weighted by Gasteiger charge is 2.43. The van der Waals surface area contributed by atoms with Gasteiger partial charge in [-0.1, -0.05) is 0 Å². The molecule has 0 spiro atoms. The van der Waals surface area contributed by atoms with E-state index in [1.54, 1.807) is 0 Å². The Morgan fingerprint density at radius 3 is 2.55 bits per heavy atom. The van der Waals surface area contributed by atoms with Crippen molar-refractivity contribution in [1.29, 1.82) is 0 Å². The van der Waals surface area contributed by atoms with Crippen LogP contribution in [0, 0.1) is 0 Å². The minimum absolute atomic E-state index is 0.724. The van der Waals surface area contributed by atoms with Gasteiger partial charge in [0.15, 0.2) is 0 Å². The topological polar surface area (TPSA) is 15.3 Å². The normalized spacial score (nSPS) is 44.2. The fourth-order valence-electron chi connectivity index (χ4n) is 2.77. The Kier molecular flexibility index (Phi) is 1.69. The van der Waals surface area contributed by atoms with Crippen LogP contribution in [0.15, 0.2) is 0 Å². The average molecular weight is 154 g/mol. The lowest BCUT2D eigenvalue weighted by molar-refractivity contribution is 0.126. The van der Waals surface area contributed by atoms with Gasteiger partial charge >= 0.3 is 0 Å². The molecule has 0 aliphatic carbocycles. The first-order valence-electron chi connectivity index (χ1n) is 4.71. The minimum Gasteiger partial charge on any atom is -0.311 e. The highest BCUT2D eigenvalue weighted by Crippen LogP contribution is 2.30. The van der Waals surface area contributed by atoms with Gasteiger partial charge in [-0.05, 0) is 27.2 Å². The van der Waals surface area contributed by atoms with Gasteiger partial charge in [0.25, 0.3) is 0 Å². The summed E-state index contributed by atoms with van der Waals surface area (Å²) in [6, 6.07) is 3.09. The van der Waals surface area contributed by atoms with Gasteiger partial charge in [0.2, 0.25) is 0 Å². The molecule has 2 aliphatic heterocycles. The van der Waals surface area contributed by atoms with Crippen molar-refractivity contribution in [2.24, 2.45) is 0 Å². The highest BCUT2D eigenvalue weighted by atomic mass is 15.3. The van der Waals surface area contributed by atoms with E-state index < -0.39 is 0 Å². The number of nitrogens with zero attached hydrogens (tertiary/aromatic N) is 1. The predicted octanol–water partition coefficient (Wildman–Crippen LogP) is 0.829. The first-order valence-corrected chi connectivity index (χ1v) is 4.71. The van der Waals surface area contributed by atoms with E-state index in [1.165, 1.54) is 13.0 Å². The van der Waals surface area contributed by atoms with Gasteiger partial charge < -0.3 is 5.32 Å². The van der Waals surface area contributed by atoms with Crippen molar-refractivity contribution in [3.05, 3.63) is 0 Å². The molecule has 2 fully saturated rings. The molecule has 2 heterocycles. The second-order valence-corrected chi connectivity index (χ2v) is 4.19. The molecule has 2 nitrogen and oxygen atoms in total. The van der Waals surface area contributed by atoms with Crippen LogP contribution in [0.25, 0.3) is 0 Å². The molecule has 0 aromatic heterocycles. The molecule has 2 heteroatoms. The molecule has 3 atom stereocenters. The maximum absolute atomic E-state index is 3.55. The van der Waals surface area contributed by atoms with E-state index in [0.29, 0.717) is 0 Å². The van der Waals surface area contributed by atoms with Gasteiger partial charge in [0.1, 0.15) is 0 Å². The van der Waals surface area contributed by atoms with E-state index >= 15 is 0 Å². The molecule has 2 saturated heterocycles. The summed E-state index contributed by atoms with van der Waals surface area (Å²) in [7, 11) is 0. The Labute approximate surface area is 69.0 Å². The zero-order valence-electron chi connectivity index (χ0n) is 7.67. The average Bonchev–Trinajstić information content (AvgIpc) is 2.44. The third-order valence-corrected chi connectivity index (χ3v) is 3.21. The molecule has 2 rings (SSSR count). The molecule has 0 aromatic carbocycles. The molecule has 0 aromatic rings. The SMILES string of the molecule is CC(C)N1C(C)[C@@H]2C[C@H]1CN2. The van der Waals surface area contributed by atoms with E-state index in [9.17, 15) is 0 Å². The van der Waals surface area contributed by atoms with Crippen LogP contribution in [0.2, 0.25) is 0 Å². The minimum atomic E-state index is 0.724. The Balaban J connectivity index is 2.11. The van der Waals surface area contributed by atoms with Crippen LogP contribution < -0.4 is 5.32 Å². The summed E-state index contributed by atoms with van der Waals surface area (Å²) < 4.78 is 0. The van der Waals surface area contributed by atoms with E-state index in [1.807, 2.05) is 0 Å². The van der Waals surface area contributed by atoms with Crippen molar-refractivity contribution < 1.29 is 0 Å². The van der Waals surface area contributed by atoms with Gasteiger partial charge in [-0.2, -0.15) is 0 Å². The van der Waals surface area contributed by atoms with Gasteiger partial charge in [0.05, 0.1) is 0 Å². The Morgan fingerprint density at radius 1 is 1.45 bits per heavy atom. The van der Waals surface area contributed by atoms with Crippen LogP contribution in [0.3, 0.4) is 0 Å². The largest absolute Gasteiger partial charge is 0.311 e. The van der Waals surface area contributed by atoms with Crippen molar-refractivity contribution in [3.8, 4) is 0 Å². The van der Waals surface area contributed by atoms with Crippen LogP contribution in [-0.4, -0.2) is 35.6 Å². The number of piperazine rings is 1. The molecule has 1 unspecified atom stereocenters. The van der Waals surface area contributed by atoms with Crippen LogP contribution in [0.1, 0.15) is 27.2 Å². The second-order valence-electron chi connectivity index (χ2n) is 4.19. The number of fused-ring (bicyclic) bond motifs is 2. The van der Waals surface area contributed by atoms with E-state index in [-0.39, 0.29) is 0 Å². The molecule has 2 bridgehead atoms. The van der Waals surface area contributed by atoms with E-state index in [2.05, 4.69) is 31.0 Å². The highest BCUT2D eigenvalue weighted by molar-refractivity contribution is 5.03. The Hall–Kier alpha value is -0.0800. The third-order valence-electron chi connectivity index (χ3n) is 3.21. The van der Waals surface area contributed by atoms with Crippen molar-refractivity contribution in [3.63, 3.8) is 0 Å². The molecule has 64 valence electrons. The standard InChI is InChI=1S/C9H18N2/c1-6(2)11-7(3)9-4-8(11)5-10-9/h6-10H,4-5H2,1-3H3/t7?,8-,9-/m0/s1. The van der Waals surface area contributed by atoms with Gasteiger partial charge in [-0.3, -0.25) is 4.90 Å². The molecule has 0 amide bonds. The van der Waals surface area contributed by atoms with E-state index in [4.69, 9.17) is 0 Å². The van der Waals surface area contributed by atoms with Crippen LogP contribution >= 0.6 is 0 Å². The van der Waals surface area contributed by atoms with Crippen LogP contribution in [-0.2, 0) is 0 Å². The lowest BCUT2D eigenvalue weighted by Gasteiger charge is -2.36. The molecule has 2 aliphatic rings. The molecule has 0 radical (unpaired) electrons. The van der Waals surface area contributed by atoms with Crippen LogP contribution in [0.5, 0.6) is 0 Å². The maximum Gasteiger partial charge on any atom is 0.0242 e. The van der Waals surface area contributed by atoms with Crippen molar-refractivity contribution in [1.82, 2.24) is 10.2 Å². The molecule has 11 heavy (non-hydrogen) atoms. The van der Waals surface area contributed by atoms with E-state index in [0.717, 1.165) is 24.2 Å². The lowest BCUT2D eigenvalue weighted by Crippen LogP contribution is -2.52. The van der Waals surface area contributed by atoms with Crippen LogP contribution in [0.4, 0.5) is 0 Å². The number of hydrogen-bond acceptors (Lipinski definition) is 2. The quantitative estimate of drug-likeness (QED) is 0.602. The van der Waals surface area contributed by atoms with Crippen molar-refractivity contribution >= 4 is 0 Å². The third kappa shape index (κ3) is 1.00. The molecule has 0 saturated carbocycles. The first kappa shape index (κ1) is 7.56. The molecule has 1 N–H and O–H groups in total. The number of rotatable bonds is 1. The summed E-state index contributed by atoms with van der Waals surface area (Å²) in [5.74, 6) is 0. The maximum atomic E-state index is 3.55.